The van der Waals surface area contributed by atoms with Crippen molar-refractivity contribution in [3.05, 3.63) is 0 Å². The van der Waals surface area contributed by atoms with E-state index in [-0.39, 0.29) is 5.11 Å². The predicted octanol–water partition coefficient (Wildman–Crippen LogP) is -0.536. The zero-order valence-electron chi connectivity index (χ0n) is 2.93. The highest BCUT2D eigenvalue weighted by molar-refractivity contribution is 7.80. The van der Waals surface area contributed by atoms with Gasteiger partial charge >= 0.3 is 0 Å². The molecule has 29 valence electrons. The van der Waals surface area contributed by atoms with Gasteiger partial charge in [-0.2, -0.15) is 0 Å². The van der Waals surface area contributed by atoms with Crippen LogP contribution in [0.25, 0.3) is 0 Å². The van der Waals surface area contributed by atoms with Crippen LogP contribution in [0, 0.1) is 0 Å². The van der Waals surface area contributed by atoms with Crippen LogP contribution < -0.4 is 11.1 Å². The Morgan fingerprint density at radius 3 is 2.20 bits per heavy atom. The predicted molar refractivity (Wildman–Crippen MR) is 24.8 cm³/mol. The maximum atomic E-state index is 4.86. The highest BCUT2D eigenvalue weighted by Crippen LogP contribution is 1.47. The molecule has 2 N–H and O–H groups in total. The summed E-state index contributed by atoms with van der Waals surface area (Å²) in [5, 5.41) is 3.61. The summed E-state index contributed by atoms with van der Waals surface area (Å²) >= 11 is 4.31. The van der Waals surface area contributed by atoms with Crippen molar-refractivity contribution in [1.82, 2.24) is 5.32 Å². The number of hydrogen-bond acceptors (Lipinski definition) is 1. The summed E-state index contributed by atoms with van der Waals surface area (Å²) in [6.45, 7) is 0. The van der Waals surface area contributed by atoms with Crippen LogP contribution in [-0.2, 0) is 0 Å². The molecule has 0 amide bonds. The van der Waals surface area contributed by atoms with E-state index in [1.54, 1.807) is 7.05 Å². The first kappa shape index (κ1) is 4.69. The van der Waals surface area contributed by atoms with Crippen LogP contribution in [0.3, 0.4) is 0 Å². The Morgan fingerprint density at radius 1 is 2.00 bits per heavy atom. The van der Waals surface area contributed by atoms with Crippen molar-refractivity contribution in [1.29, 1.82) is 0 Å². The Labute approximate surface area is 36.4 Å². The summed E-state index contributed by atoms with van der Waals surface area (Å²) in [4.78, 5) is 0. The minimum absolute atomic E-state index is 0.213. The SMILES string of the molecule is C[N]C(N)=S. The summed E-state index contributed by atoms with van der Waals surface area (Å²) in [5.74, 6) is 0. The first-order valence-electron chi connectivity index (χ1n) is 1.16. The molecule has 5 heavy (non-hydrogen) atoms. The van der Waals surface area contributed by atoms with Crippen molar-refractivity contribution < 1.29 is 0 Å². The molecule has 0 aliphatic heterocycles. The zero-order chi connectivity index (χ0) is 4.28. The fourth-order valence-electron chi connectivity index (χ4n) is 0. The third-order valence-corrected chi connectivity index (χ3v) is 0.403. The average Bonchev–Trinajstić information content (AvgIpc) is 1.38. The van der Waals surface area contributed by atoms with Crippen molar-refractivity contribution in [2.24, 2.45) is 5.73 Å². The molecular formula is C2H5N2S. The monoisotopic (exact) mass is 89.0 g/mol. The van der Waals surface area contributed by atoms with E-state index in [9.17, 15) is 0 Å². The molecule has 0 spiro atoms. The highest BCUT2D eigenvalue weighted by atomic mass is 32.1. The van der Waals surface area contributed by atoms with Crippen LogP contribution in [-0.4, -0.2) is 12.2 Å². The molecule has 0 bridgehead atoms. The summed E-state index contributed by atoms with van der Waals surface area (Å²) in [7, 11) is 1.56. The normalized spacial score (nSPS) is 6.60. The van der Waals surface area contributed by atoms with E-state index in [1.165, 1.54) is 0 Å². The zero-order valence-corrected chi connectivity index (χ0v) is 3.75. The second kappa shape index (κ2) is 1.96. The van der Waals surface area contributed by atoms with Crippen molar-refractivity contribution in [3.63, 3.8) is 0 Å². The first-order chi connectivity index (χ1) is 2.27. The summed E-state index contributed by atoms with van der Waals surface area (Å²) in [6, 6.07) is 0. The molecule has 0 atom stereocenters. The molecule has 0 aromatic rings. The Hall–Kier alpha value is -0.310. The number of rotatable bonds is 0. The van der Waals surface area contributed by atoms with Gasteiger partial charge in [0.15, 0.2) is 5.11 Å². The van der Waals surface area contributed by atoms with Crippen molar-refractivity contribution in [2.75, 3.05) is 7.05 Å². The molecule has 0 aromatic heterocycles. The van der Waals surface area contributed by atoms with Crippen molar-refractivity contribution in [3.8, 4) is 0 Å². The van der Waals surface area contributed by atoms with E-state index in [0.717, 1.165) is 0 Å². The van der Waals surface area contributed by atoms with Gasteiger partial charge < -0.3 is 5.73 Å². The molecule has 0 aliphatic rings. The Kier molecular flexibility index (Phi) is 1.84. The molecular weight excluding hydrogens is 84.1 g/mol. The molecule has 0 aromatic carbocycles. The van der Waals surface area contributed by atoms with E-state index in [2.05, 4.69) is 17.5 Å². The van der Waals surface area contributed by atoms with E-state index >= 15 is 0 Å². The van der Waals surface area contributed by atoms with E-state index in [0.29, 0.717) is 0 Å². The van der Waals surface area contributed by atoms with Crippen LogP contribution in [0.1, 0.15) is 0 Å². The van der Waals surface area contributed by atoms with E-state index < -0.39 is 0 Å². The van der Waals surface area contributed by atoms with Gasteiger partial charge in [-0.05, 0) is 12.2 Å². The largest absolute Gasteiger partial charge is 0.375 e. The third kappa shape index (κ3) is 3.69. The molecule has 0 aliphatic carbocycles. The lowest BCUT2D eigenvalue weighted by Gasteiger charge is -1.80. The molecule has 0 rings (SSSR count). The first-order valence-corrected chi connectivity index (χ1v) is 1.57. The van der Waals surface area contributed by atoms with Crippen molar-refractivity contribution >= 4 is 17.3 Å². The van der Waals surface area contributed by atoms with Crippen LogP contribution in [0.15, 0.2) is 0 Å². The van der Waals surface area contributed by atoms with Crippen LogP contribution in [0.5, 0.6) is 0 Å². The van der Waals surface area contributed by atoms with Gasteiger partial charge in [0, 0.05) is 7.05 Å². The van der Waals surface area contributed by atoms with Gasteiger partial charge in [-0.25, -0.2) is 0 Å². The topological polar surface area (TPSA) is 40.1 Å². The summed E-state index contributed by atoms with van der Waals surface area (Å²) < 4.78 is 0. The lowest BCUT2D eigenvalue weighted by molar-refractivity contribution is 1.16. The van der Waals surface area contributed by atoms with Crippen LogP contribution in [0.2, 0.25) is 0 Å². The number of nitrogens with two attached hydrogens (primary N) is 1. The molecule has 0 fully saturated rings. The fraction of sp³-hybridized carbons (Fsp3) is 0.500. The molecule has 3 heteroatoms. The lowest BCUT2D eigenvalue weighted by Crippen LogP contribution is -2.17. The van der Waals surface area contributed by atoms with E-state index in [4.69, 9.17) is 5.73 Å². The smallest absolute Gasteiger partial charge is 0.185 e. The van der Waals surface area contributed by atoms with Gasteiger partial charge in [-0.1, -0.05) is 0 Å². The molecule has 0 saturated carbocycles. The van der Waals surface area contributed by atoms with Gasteiger partial charge in [-0.15, -0.1) is 0 Å². The molecule has 2 nitrogen and oxygen atoms in total. The fourth-order valence-corrected chi connectivity index (χ4v) is 0. The molecule has 1 radical (unpaired) electrons. The summed E-state index contributed by atoms with van der Waals surface area (Å²) in [5.41, 5.74) is 4.86. The van der Waals surface area contributed by atoms with Crippen LogP contribution in [0.4, 0.5) is 0 Å². The number of hydrogen-bond donors (Lipinski definition) is 1. The molecule has 0 saturated heterocycles. The highest BCUT2D eigenvalue weighted by Gasteiger charge is 1.70. The Morgan fingerprint density at radius 2 is 2.20 bits per heavy atom. The van der Waals surface area contributed by atoms with Crippen molar-refractivity contribution in [2.45, 2.75) is 0 Å². The lowest BCUT2D eigenvalue weighted by atomic mass is 11.1. The third-order valence-electron chi connectivity index (χ3n) is 0.220. The van der Waals surface area contributed by atoms with Gasteiger partial charge in [-0.3, -0.25) is 5.32 Å². The maximum Gasteiger partial charge on any atom is 0.185 e. The Bertz CT molecular complexity index is 42.9. The Balaban J connectivity index is 2.85. The quantitative estimate of drug-likeness (QED) is 0.405. The number of nitrogens with zero attached hydrogens (tertiary/aromatic N) is 1. The van der Waals surface area contributed by atoms with E-state index in [1.807, 2.05) is 0 Å². The molecule has 0 heterocycles. The van der Waals surface area contributed by atoms with Gasteiger partial charge in [0.25, 0.3) is 0 Å². The van der Waals surface area contributed by atoms with Crippen LogP contribution >= 0.6 is 12.2 Å². The summed E-state index contributed by atoms with van der Waals surface area (Å²) in [6.07, 6.45) is 0. The number of thiocarbonyl (C=S) groups is 1. The van der Waals surface area contributed by atoms with Gasteiger partial charge in [0.05, 0.1) is 0 Å². The minimum atomic E-state index is 0.213. The minimum Gasteiger partial charge on any atom is -0.375 e. The maximum absolute atomic E-state index is 4.86. The van der Waals surface area contributed by atoms with Gasteiger partial charge in [0.1, 0.15) is 0 Å². The second-order valence-electron chi connectivity index (χ2n) is 0.562. The molecule has 0 unspecified atom stereocenters. The second-order valence-corrected chi connectivity index (χ2v) is 0.980. The standard InChI is InChI=1S/C2H5N2S/c1-4-2(3)5/h1H3,(H2,3,5). The average molecular weight is 89.1 g/mol. The van der Waals surface area contributed by atoms with Gasteiger partial charge in [0.2, 0.25) is 0 Å².